The Morgan fingerprint density at radius 1 is 1.11 bits per heavy atom. The Kier molecular flexibility index (Phi) is 7.89. The molecule has 1 aromatic carbocycles. The molecule has 0 atom stereocenters. The lowest BCUT2D eigenvalue weighted by atomic mass is 10.2. The van der Waals surface area contributed by atoms with Gasteiger partial charge in [-0.2, -0.15) is 0 Å². The number of aromatic nitrogens is 2. The van der Waals surface area contributed by atoms with Gasteiger partial charge in [-0.05, 0) is 24.3 Å². The summed E-state index contributed by atoms with van der Waals surface area (Å²) in [5.41, 5.74) is 7.13. The van der Waals surface area contributed by atoms with E-state index >= 15 is 0 Å². The third-order valence-electron chi connectivity index (χ3n) is 4.34. The van der Waals surface area contributed by atoms with Gasteiger partial charge in [0.25, 0.3) is 0 Å². The van der Waals surface area contributed by atoms with Crippen LogP contribution in [0, 0.1) is 0 Å². The van der Waals surface area contributed by atoms with Crippen molar-refractivity contribution in [1.82, 2.24) is 14.9 Å². The van der Waals surface area contributed by atoms with Crippen LogP contribution in [0.3, 0.4) is 0 Å². The molecule has 3 rings (SSSR count). The van der Waals surface area contributed by atoms with E-state index in [9.17, 15) is 0 Å². The molecule has 0 saturated carbocycles. The Morgan fingerprint density at radius 3 is 2.44 bits per heavy atom. The molecular weight excluding hydrogens is 459 g/mol. The minimum absolute atomic E-state index is 0. The number of nitrogens with two attached hydrogens (primary N) is 1. The molecule has 27 heavy (non-hydrogen) atoms. The van der Waals surface area contributed by atoms with Crippen molar-refractivity contribution in [3.63, 3.8) is 0 Å². The van der Waals surface area contributed by atoms with Crippen LogP contribution < -0.4 is 20.1 Å². The molecule has 1 saturated heterocycles. The van der Waals surface area contributed by atoms with Crippen LogP contribution >= 0.6 is 24.0 Å². The standard InChI is InChI=1S/C18H24N6O2.HI/c1-25-15-4-5-16(26-2)14(12-15)13-22-17(19)23-8-10-24(11-9-23)18-20-6-3-7-21-18;/h3-7,12H,8-11,13H2,1-2H3,(H2,19,22);1H. The third-order valence-corrected chi connectivity index (χ3v) is 4.34. The molecule has 0 spiro atoms. The zero-order valence-electron chi connectivity index (χ0n) is 15.5. The molecule has 2 N–H and O–H groups in total. The molecule has 1 aliphatic rings. The fourth-order valence-electron chi connectivity index (χ4n) is 2.86. The first kappa shape index (κ1) is 21.0. The van der Waals surface area contributed by atoms with Gasteiger partial charge in [0.05, 0.1) is 20.8 Å². The van der Waals surface area contributed by atoms with Gasteiger partial charge in [0.1, 0.15) is 11.5 Å². The van der Waals surface area contributed by atoms with Gasteiger partial charge in [0.15, 0.2) is 5.96 Å². The van der Waals surface area contributed by atoms with Gasteiger partial charge in [-0.25, -0.2) is 15.0 Å². The van der Waals surface area contributed by atoms with Crippen LogP contribution in [0.15, 0.2) is 41.7 Å². The lowest BCUT2D eigenvalue weighted by molar-refractivity contribution is 0.377. The van der Waals surface area contributed by atoms with E-state index in [1.807, 2.05) is 24.3 Å². The minimum Gasteiger partial charge on any atom is -0.497 e. The first-order valence-corrected chi connectivity index (χ1v) is 8.49. The molecule has 2 aromatic rings. The lowest BCUT2D eigenvalue weighted by Gasteiger charge is -2.35. The zero-order valence-corrected chi connectivity index (χ0v) is 17.9. The van der Waals surface area contributed by atoms with Crippen molar-refractivity contribution >= 4 is 35.9 Å². The van der Waals surface area contributed by atoms with Gasteiger partial charge in [0, 0.05) is 44.1 Å². The number of nitrogens with zero attached hydrogens (tertiary/aromatic N) is 5. The molecule has 0 bridgehead atoms. The molecule has 9 heteroatoms. The average Bonchev–Trinajstić information content (AvgIpc) is 2.72. The largest absolute Gasteiger partial charge is 0.497 e. The third kappa shape index (κ3) is 5.34. The van der Waals surface area contributed by atoms with Gasteiger partial charge < -0.3 is 25.0 Å². The highest BCUT2D eigenvalue weighted by Crippen LogP contribution is 2.24. The summed E-state index contributed by atoms with van der Waals surface area (Å²) < 4.78 is 10.7. The highest BCUT2D eigenvalue weighted by atomic mass is 127. The van der Waals surface area contributed by atoms with E-state index in [-0.39, 0.29) is 24.0 Å². The number of hydrogen-bond acceptors (Lipinski definition) is 6. The molecule has 0 amide bonds. The molecule has 1 aromatic heterocycles. The van der Waals surface area contributed by atoms with Gasteiger partial charge in [-0.15, -0.1) is 24.0 Å². The SMILES string of the molecule is COc1ccc(OC)c(CN=C(N)N2CCN(c3ncccn3)CC2)c1.I. The summed E-state index contributed by atoms with van der Waals surface area (Å²) in [7, 11) is 3.28. The van der Waals surface area contributed by atoms with Gasteiger partial charge in [-0.1, -0.05) is 0 Å². The quantitative estimate of drug-likeness (QED) is 0.393. The Morgan fingerprint density at radius 2 is 1.81 bits per heavy atom. The molecule has 2 heterocycles. The van der Waals surface area contributed by atoms with Crippen LogP contribution in [0.2, 0.25) is 0 Å². The van der Waals surface area contributed by atoms with Gasteiger partial charge >= 0.3 is 0 Å². The van der Waals surface area contributed by atoms with Crippen LogP contribution in [0.1, 0.15) is 5.56 Å². The Hall–Kier alpha value is -2.30. The predicted octanol–water partition coefficient (Wildman–Crippen LogP) is 1.75. The van der Waals surface area contributed by atoms with Crippen molar-refractivity contribution in [2.24, 2.45) is 10.7 Å². The van der Waals surface area contributed by atoms with Crippen molar-refractivity contribution in [2.75, 3.05) is 45.3 Å². The number of anilines is 1. The highest BCUT2D eigenvalue weighted by Gasteiger charge is 2.20. The number of rotatable bonds is 5. The monoisotopic (exact) mass is 484 g/mol. The van der Waals surface area contributed by atoms with E-state index in [0.29, 0.717) is 12.5 Å². The fraction of sp³-hybridized carbons (Fsp3) is 0.389. The topological polar surface area (TPSA) is 89.1 Å². The summed E-state index contributed by atoms with van der Waals surface area (Å²) in [6.07, 6.45) is 3.51. The highest BCUT2D eigenvalue weighted by molar-refractivity contribution is 14.0. The number of piperazine rings is 1. The van der Waals surface area contributed by atoms with Gasteiger partial charge in [0.2, 0.25) is 5.95 Å². The predicted molar refractivity (Wildman–Crippen MR) is 116 cm³/mol. The molecule has 1 fully saturated rings. The van der Waals surface area contributed by atoms with Crippen molar-refractivity contribution in [3.8, 4) is 11.5 Å². The molecule has 0 aliphatic carbocycles. The van der Waals surface area contributed by atoms with E-state index in [1.165, 1.54) is 0 Å². The van der Waals surface area contributed by atoms with Crippen LogP contribution in [-0.2, 0) is 6.54 Å². The molecular formula is C18H25IN6O2. The summed E-state index contributed by atoms with van der Waals surface area (Å²) >= 11 is 0. The summed E-state index contributed by atoms with van der Waals surface area (Å²) in [4.78, 5) is 17.3. The number of ether oxygens (including phenoxy) is 2. The number of hydrogen-bond donors (Lipinski definition) is 1. The average molecular weight is 484 g/mol. The molecule has 146 valence electrons. The van der Waals surface area contributed by atoms with Crippen molar-refractivity contribution < 1.29 is 9.47 Å². The van der Waals surface area contributed by atoms with E-state index < -0.39 is 0 Å². The normalized spacial score (nSPS) is 14.5. The lowest BCUT2D eigenvalue weighted by Crippen LogP contribution is -2.51. The van der Waals surface area contributed by atoms with E-state index in [0.717, 1.165) is 49.2 Å². The molecule has 8 nitrogen and oxygen atoms in total. The Labute approximate surface area is 176 Å². The number of aliphatic imine (C=N–C) groups is 1. The maximum absolute atomic E-state index is 6.20. The number of benzene rings is 1. The van der Waals surface area contributed by atoms with Crippen molar-refractivity contribution in [3.05, 3.63) is 42.2 Å². The first-order chi connectivity index (χ1) is 12.7. The van der Waals surface area contributed by atoms with Gasteiger partial charge in [-0.3, -0.25) is 0 Å². The first-order valence-electron chi connectivity index (χ1n) is 8.49. The van der Waals surface area contributed by atoms with Crippen LogP contribution in [-0.4, -0.2) is 61.2 Å². The summed E-state index contributed by atoms with van der Waals surface area (Å²) in [6.45, 7) is 3.62. The van der Waals surface area contributed by atoms with Crippen LogP contribution in [0.25, 0.3) is 0 Å². The number of guanidine groups is 1. The second kappa shape index (κ2) is 10.1. The number of halogens is 1. The summed E-state index contributed by atoms with van der Waals surface area (Å²) in [6, 6.07) is 7.47. The van der Waals surface area contributed by atoms with Crippen LogP contribution in [0.4, 0.5) is 5.95 Å². The molecule has 0 radical (unpaired) electrons. The second-order valence-corrected chi connectivity index (χ2v) is 5.88. The molecule has 0 unspecified atom stereocenters. The summed E-state index contributed by atoms with van der Waals surface area (Å²) in [5, 5.41) is 0. The van der Waals surface area contributed by atoms with E-state index in [1.54, 1.807) is 26.6 Å². The van der Waals surface area contributed by atoms with Crippen LogP contribution in [0.5, 0.6) is 11.5 Å². The zero-order chi connectivity index (χ0) is 18.4. The fourth-order valence-corrected chi connectivity index (χ4v) is 2.86. The number of methoxy groups -OCH3 is 2. The maximum atomic E-state index is 6.20. The molecule has 1 aliphatic heterocycles. The second-order valence-electron chi connectivity index (χ2n) is 5.88. The van der Waals surface area contributed by atoms with E-state index in [2.05, 4.69) is 24.8 Å². The van der Waals surface area contributed by atoms with E-state index in [4.69, 9.17) is 15.2 Å². The van der Waals surface area contributed by atoms with Crippen molar-refractivity contribution in [2.45, 2.75) is 6.54 Å². The Bertz CT molecular complexity index is 751. The summed E-state index contributed by atoms with van der Waals surface area (Å²) in [5.74, 6) is 2.83. The maximum Gasteiger partial charge on any atom is 0.225 e. The smallest absolute Gasteiger partial charge is 0.225 e. The Balaban J connectivity index is 0.00000261. The van der Waals surface area contributed by atoms with Crippen molar-refractivity contribution in [1.29, 1.82) is 0 Å². The minimum atomic E-state index is 0.